The molecule has 2 aromatic rings. The van der Waals surface area contributed by atoms with Gasteiger partial charge in [-0.05, 0) is 59.6 Å². The van der Waals surface area contributed by atoms with E-state index in [0.717, 1.165) is 0 Å². The molecule has 0 saturated carbocycles. The van der Waals surface area contributed by atoms with Crippen LogP contribution in [0.5, 0.6) is 0 Å². The molecule has 2 rings (SSSR count). The first kappa shape index (κ1) is 31.0. The van der Waals surface area contributed by atoms with Crippen LogP contribution < -0.4 is 10.4 Å². The van der Waals surface area contributed by atoms with Crippen molar-refractivity contribution in [3.63, 3.8) is 0 Å². The van der Waals surface area contributed by atoms with Crippen molar-refractivity contribution >= 4 is 18.9 Å². The number of benzene rings is 2. The fourth-order valence-corrected chi connectivity index (χ4v) is 6.77. The molecule has 0 heterocycles. The summed E-state index contributed by atoms with van der Waals surface area (Å²) in [5.74, 6) is 0. The summed E-state index contributed by atoms with van der Waals surface area (Å²) in [6, 6.07) is 0.409. The molecule has 0 unspecified atom stereocenters. The highest BCUT2D eigenvalue weighted by molar-refractivity contribution is 6.92. The molecule has 2 nitrogen and oxygen atoms in total. The van der Waals surface area contributed by atoms with E-state index >= 15 is 0 Å². The predicted octanol–water partition coefficient (Wildman–Crippen LogP) is 7.17. The average molecular weight is 572 g/mol. The van der Waals surface area contributed by atoms with Gasteiger partial charge in [0.2, 0.25) is 0 Å². The van der Waals surface area contributed by atoms with Gasteiger partial charge in [0.05, 0.1) is 22.3 Å². The van der Waals surface area contributed by atoms with Crippen LogP contribution in [-0.2, 0) is 33.6 Å². The van der Waals surface area contributed by atoms with E-state index in [0.29, 0.717) is 0 Å². The Balaban J connectivity index is 3.07. The number of hydrogen-bond donors (Lipinski definition) is 0. The molecule has 0 fully saturated rings. The summed E-state index contributed by atoms with van der Waals surface area (Å²) in [5.41, 5.74) is -7.29. The molecule has 0 N–H and O–H groups in total. The van der Waals surface area contributed by atoms with Crippen LogP contribution in [0.3, 0.4) is 0 Å². The maximum atomic E-state index is 13.5. The van der Waals surface area contributed by atoms with Crippen LogP contribution in [0.2, 0.25) is 0 Å². The molecule has 208 valence electrons. The molecular formula is C22H20F12O2Si. The van der Waals surface area contributed by atoms with Crippen LogP contribution in [0.4, 0.5) is 52.7 Å². The molecule has 2 aromatic carbocycles. The van der Waals surface area contributed by atoms with E-state index in [9.17, 15) is 52.7 Å². The smallest absolute Gasteiger partial charge is 0.388 e. The van der Waals surface area contributed by atoms with Crippen LogP contribution in [0.15, 0.2) is 36.4 Å². The van der Waals surface area contributed by atoms with Crippen LogP contribution in [0.25, 0.3) is 0 Å². The fourth-order valence-electron chi connectivity index (χ4n) is 3.32. The zero-order valence-corrected chi connectivity index (χ0v) is 20.1. The third-order valence-electron chi connectivity index (χ3n) is 4.95. The highest BCUT2D eigenvalue weighted by Gasteiger charge is 2.49. The molecular weight excluding hydrogens is 552 g/mol. The summed E-state index contributed by atoms with van der Waals surface area (Å²) < 4.78 is 174. The third kappa shape index (κ3) is 7.41. The van der Waals surface area contributed by atoms with Gasteiger partial charge in [-0.2, -0.15) is 52.7 Å². The Kier molecular flexibility index (Phi) is 9.07. The number of halogens is 12. The maximum absolute atomic E-state index is 13.5. The monoisotopic (exact) mass is 572 g/mol. The summed E-state index contributed by atoms with van der Waals surface area (Å²) in [5, 5.41) is -1.88. The Bertz CT molecular complexity index is 921. The van der Waals surface area contributed by atoms with Gasteiger partial charge in [-0.25, -0.2) is 0 Å². The second-order valence-electron chi connectivity index (χ2n) is 7.90. The Morgan fingerprint density at radius 1 is 0.486 bits per heavy atom. The van der Waals surface area contributed by atoms with Crippen molar-refractivity contribution in [3.05, 3.63) is 58.7 Å². The van der Waals surface area contributed by atoms with Crippen molar-refractivity contribution in [1.29, 1.82) is 0 Å². The van der Waals surface area contributed by atoms with Gasteiger partial charge in [-0.15, -0.1) is 0 Å². The van der Waals surface area contributed by atoms with Crippen molar-refractivity contribution in [2.24, 2.45) is 0 Å². The van der Waals surface area contributed by atoms with E-state index in [1.807, 2.05) is 0 Å². The SMILES string of the molecule is CCCO[Si](OCCC)(c1cc(C(F)(F)F)cc(C(F)(F)F)c1)c1cc(C(F)(F)F)cc(C(F)(F)F)c1. The normalized spacial score (nSPS) is 13.8. The van der Waals surface area contributed by atoms with Gasteiger partial charge in [-0.1, -0.05) is 13.8 Å². The summed E-state index contributed by atoms with van der Waals surface area (Å²) in [7, 11) is -5.03. The number of rotatable bonds is 8. The fraction of sp³-hybridized carbons (Fsp3) is 0.455. The molecule has 0 bridgehead atoms. The minimum atomic E-state index is -5.34. The van der Waals surface area contributed by atoms with Crippen LogP contribution in [-0.4, -0.2) is 21.8 Å². The second-order valence-corrected chi connectivity index (χ2v) is 10.9. The molecule has 0 saturated heterocycles. The molecule has 0 aromatic heterocycles. The van der Waals surface area contributed by atoms with E-state index in [1.54, 1.807) is 0 Å². The Hall–Kier alpha value is -2.26. The quantitative estimate of drug-likeness (QED) is 0.247. The highest BCUT2D eigenvalue weighted by Crippen LogP contribution is 2.37. The van der Waals surface area contributed by atoms with Crippen molar-refractivity contribution in [2.45, 2.75) is 51.4 Å². The summed E-state index contributed by atoms with van der Waals surface area (Å²) >= 11 is 0. The average Bonchev–Trinajstić information content (AvgIpc) is 2.76. The van der Waals surface area contributed by atoms with E-state index in [1.165, 1.54) is 13.8 Å². The third-order valence-corrected chi connectivity index (χ3v) is 8.27. The Morgan fingerprint density at radius 3 is 0.919 bits per heavy atom. The van der Waals surface area contributed by atoms with Crippen molar-refractivity contribution in [3.8, 4) is 0 Å². The van der Waals surface area contributed by atoms with E-state index < -0.39 is 79.1 Å². The lowest BCUT2D eigenvalue weighted by Crippen LogP contribution is -2.64. The lowest BCUT2D eigenvalue weighted by molar-refractivity contribution is -0.144. The van der Waals surface area contributed by atoms with Crippen molar-refractivity contribution in [1.82, 2.24) is 0 Å². The molecule has 0 spiro atoms. The zero-order chi connectivity index (χ0) is 28.4. The minimum absolute atomic E-state index is 0.0699. The van der Waals surface area contributed by atoms with Gasteiger partial charge in [0.1, 0.15) is 0 Å². The van der Waals surface area contributed by atoms with Gasteiger partial charge in [0.25, 0.3) is 0 Å². The standard InChI is InChI=1S/C22H20F12O2Si/c1-3-5-35-37(36-6-4-2,17-9-13(19(23,24)25)7-14(10-17)20(26,27)28)18-11-15(21(29,30)31)8-16(12-18)22(32,33)34/h7-12H,3-6H2,1-2H3. The summed E-state index contributed by atoms with van der Waals surface area (Å²) in [4.78, 5) is 0. The maximum Gasteiger partial charge on any atom is 0.416 e. The lowest BCUT2D eigenvalue weighted by Gasteiger charge is -2.33. The number of hydrogen-bond acceptors (Lipinski definition) is 2. The molecule has 0 aliphatic rings. The summed E-state index contributed by atoms with van der Waals surface area (Å²) in [6.45, 7) is 2.06. The first-order chi connectivity index (χ1) is 16.8. The van der Waals surface area contributed by atoms with E-state index in [-0.39, 0.29) is 49.2 Å². The molecule has 15 heteroatoms. The molecule has 37 heavy (non-hydrogen) atoms. The predicted molar refractivity (Wildman–Crippen MR) is 110 cm³/mol. The van der Waals surface area contributed by atoms with Crippen LogP contribution >= 0.6 is 0 Å². The molecule has 0 amide bonds. The Labute approximate surface area is 204 Å². The van der Waals surface area contributed by atoms with Crippen LogP contribution in [0.1, 0.15) is 48.9 Å². The molecule has 0 aliphatic heterocycles. The van der Waals surface area contributed by atoms with Gasteiger partial charge in [-0.3, -0.25) is 0 Å². The van der Waals surface area contributed by atoms with Crippen molar-refractivity contribution in [2.75, 3.05) is 13.2 Å². The Morgan fingerprint density at radius 2 is 0.730 bits per heavy atom. The lowest BCUT2D eigenvalue weighted by atomic mass is 10.1. The topological polar surface area (TPSA) is 18.5 Å². The molecule has 0 aliphatic carbocycles. The van der Waals surface area contributed by atoms with E-state index in [4.69, 9.17) is 8.85 Å². The first-order valence-corrected chi connectivity index (χ1v) is 12.4. The summed E-state index contributed by atoms with van der Waals surface area (Å²) in [6.07, 6.45) is -21.2. The van der Waals surface area contributed by atoms with Crippen molar-refractivity contribution < 1.29 is 61.5 Å². The first-order valence-electron chi connectivity index (χ1n) is 10.6. The second kappa shape index (κ2) is 10.8. The highest BCUT2D eigenvalue weighted by atomic mass is 28.4. The molecule has 0 radical (unpaired) electrons. The van der Waals surface area contributed by atoms with Crippen LogP contribution in [0, 0.1) is 0 Å². The zero-order valence-electron chi connectivity index (χ0n) is 19.1. The number of alkyl halides is 12. The van der Waals surface area contributed by atoms with Gasteiger partial charge in [0.15, 0.2) is 0 Å². The van der Waals surface area contributed by atoms with Gasteiger partial charge >= 0.3 is 33.3 Å². The van der Waals surface area contributed by atoms with E-state index in [2.05, 4.69) is 0 Å². The largest absolute Gasteiger partial charge is 0.416 e. The van der Waals surface area contributed by atoms with Gasteiger partial charge < -0.3 is 8.85 Å². The molecule has 0 atom stereocenters. The van der Waals surface area contributed by atoms with Gasteiger partial charge in [0, 0.05) is 13.2 Å². The minimum Gasteiger partial charge on any atom is -0.388 e.